The topological polar surface area (TPSA) is 107 Å². The Kier molecular flexibility index (Phi) is 4.89. The van der Waals surface area contributed by atoms with Crippen LogP contribution in [0.15, 0.2) is 12.4 Å². The number of anilines is 1. The van der Waals surface area contributed by atoms with Crippen molar-refractivity contribution in [1.29, 1.82) is 0 Å². The van der Waals surface area contributed by atoms with Gasteiger partial charge in [-0.15, -0.1) is 0 Å². The van der Waals surface area contributed by atoms with E-state index in [1.54, 1.807) is 6.20 Å². The third-order valence-electron chi connectivity index (χ3n) is 5.39. The Bertz CT molecular complexity index is 658. The molecule has 0 saturated carbocycles. The molecule has 136 valence electrons. The largest absolute Gasteiger partial charge is 0.480 e. The van der Waals surface area contributed by atoms with E-state index >= 15 is 0 Å². The van der Waals surface area contributed by atoms with Gasteiger partial charge in [0.2, 0.25) is 0 Å². The lowest BCUT2D eigenvalue weighted by atomic mass is 9.76. The molecule has 1 spiro atoms. The number of aromatic carboxylic acids is 1. The zero-order valence-corrected chi connectivity index (χ0v) is 14.4. The Balaban J connectivity index is 1.68. The molecule has 1 unspecified atom stereocenters. The number of hydrogen-bond donors (Lipinski definition) is 2. The second-order valence-corrected chi connectivity index (χ2v) is 7.08. The molecule has 2 saturated heterocycles. The van der Waals surface area contributed by atoms with E-state index in [-0.39, 0.29) is 17.2 Å². The van der Waals surface area contributed by atoms with Crippen molar-refractivity contribution in [2.45, 2.75) is 38.6 Å². The van der Waals surface area contributed by atoms with E-state index in [1.807, 2.05) is 4.90 Å². The Morgan fingerprint density at radius 3 is 2.60 bits per heavy atom. The Labute approximate surface area is 146 Å². The highest BCUT2D eigenvalue weighted by Gasteiger charge is 2.47. The quantitative estimate of drug-likeness (QED) is 0.821. The summed E-state index contributed by atoms with van der Waals surface area (Å²) in [5.74, 6) is -1.24. The zero-order valence-electron chi connectivity index (χ0n) is 14.4. The molecule has 2 fully saturated rings. The van der Waals surface area contributed by atoms with Gasteiger partial charge in [-0.2, -0.15) is 0 Å². The molecule has 2 aliphatic heterocycles. The number of carbonyl (C=O) groups is 2. The van der Waals surface area contributed by atoms with Gasteiger partial charge in [-0.05, 0) is 37.6 Å². The fraction of sp³-hybridized carbons (Fsp3) is 0.647. The number of carboxylic acid groups (broad SMARTS) is 2. The summed E-state index contributed by atoms with van der Waals surface area (Å²) in [5, 5.41) is 18.6. The molecule has 8 heteroatoms. The molecule has 3 rings (SSSR count). The number of piperidine rings is 1. The lowest BCUT2D eigenvalue weighted by molar-refractivity contribution is -0.142. The van der Waals surface area contributed by atoms with Gasteiger partial charge >= 0.3 is 11.9 Å². The minimum atomic E-state index is -1.09. The molecule has 2 N–H and O–H groups in total. The van der Waals surface area contributed by atoms with Crippen molar-refractivity contribution in [1.82, 2.24) is 14.9 Å². The Morgan fingerprint density at radius 1 is 1.28 bits per heavy atom. The van der Waals surface area contributed by atoms with Gasteiger partial charge in [0.05, 0.1) is 12.4 Å². The molecule has 25 heavy (non-hydrogen) atoms. The summed E-state index contributed by atoms with van der Waals surface area (Å²) < 4.78 is 0. The van der Waals surface area contributed by atoms with Gasteiger partial charge in [-0.1, -0.05) is 6.92 Å². The first-order valence-corrected chi connectivity index (χ1v) is 8.71. The number of hydrogen-bond acceptors (Lipinski definition) is 6. The van der Waals surface area contributed by atoms with Crippen molar-refractivity contribution in [3.05, 3.63) is 18.1 Å². The zero-order chi connectivity index (χ0) is 18.0. The van der Waals surface area contributed by atoms with Crippen molar-refractivity contribution in [2.24, 2.45) is 5.41 Å². The maximum Gasteiger partial charge on any atom is 0.356 e. The molecule has 8 nitrogen and oxygen atoms in total. The molecule has 0 aliphatic carbocycles. The van der Waals surface area contributed by atoms with Crippen LogP contribution in [-0.2, 0) is 4.79 Å². The number of rotatable bonds is 5. The second-order valence-electron chi connectivity index (χ2n) is 7.08. The van der Waals surface area contributed by atoms with Crippen LogP contribution in [0.5, 0.6) is 0 Å². The van der Waals surface area contributed by atoms with Crippen LogP contribution >= 0.6 is 0 Å². The summed E-state index contributed by atoms with van der Waals surface area (Å²) in [6.07, 6.45) is 6.24. The summed E-state index contributed by atoms with van der Waals surface area (Å²) in [5.41, 5.74) is -0.0225. The predicted molar refractivity (Wildman–Crippen MR) is 90.8 cm³/mol. The van der Waals surface area contributed by atoms with Crippen LogP contribution in [0.3, 0.4) is 0 Å². The average molecular weight is 348 g/mol. The van der Waals surface area contributed by atoms with Crippen LogP contribution < -0.4 is 4.90 Å². The molecule has 1 atom stereocenters. The lowest BCUT2D eigenvalue weighted by Crippen LogP contribution is -2.42. The standard InChI is InChI=1S/C17H24N4O4/c1-2-5-21-11-17(8-13(21)16(24)25)3-6-20(7-4-17)14-10-18-9-12(19-14)15(22)23/h9-10,13H,2-8,11H2,1H3,(H,22,23)(H,24,25). The number of nitrogens with zero attached hydrogens (tertiary/aromatic N) is 4. The van der Waals surface area contributed by atoms with E-state index in [2.05, 4.69) is 21.8 Å². The molecule has 0 aromatic carbocycles. The Hall–Kier alpha value is -2.22. The minimum absolute atomic E-state index is 0.0343. The van der Waals surface area contributed by atoms with Crippen molar-refractivity contribution >= 4 is 17.8 Å². The third kappa shape index (κ3) is 3.58. The summed E-state index contributed by atoms with van der Waals surface area (Å²) in [6, 6.07) is -0.387. The van der Waals surface area contributed by atoms with Crippen LogP contribution in [0.2, 0.25) is 0 Å². The highest BCUT2D eigenvalue weighted by Crippen LogP contribution is 2.44. The van der Waals surface area contributed by atoms with Crippen molar-refractivity contribution in [3.8, 4) is 0 Å². The minimum Gasteiger partial charge on any atom is -0.480 e. The number of aromatic nitrogens is 2. The normalized spacial score (nSPS) is 23.1. The van der Waals surface area contributed by atoms with Gasteiger partial charge in [-0.3, -0.25) is 14.7 Å². The number of carboxylic acids is 2. The molecule has 0 radical (unpaired) electrons. The molecule has 1 aromatic heterocycles. The lowest BCUT2D eigenvalue weighted by Gasteiger charge is -2.39. The molecule has 1 aromatic rings. The summed E-state index contributed by atoms with van der Waals surface area (Å²) in [7, 11) is 0. The fourth-order valence-corrected chi connectivity index (χ4v) is 4.09. The van der Waals surface area contributed by atoms with E-state index in [4.69, 9.17) is 5.11 Å². The first-order chi connectivity index (χ1) is 11.9. The van der Waals surface area contributed by atoms with Gasteiger partial charge in [0.25, 0.3) is 0 Å². The van der Waals surface area contributed by atoms with Crippen molar-refractivity contribution in [3.63, 3.8) is 0 Å². The maximum atomic E-state index is 11.6. The molecule has 0 bridgehead atoms. The van der Waals surface area contributed by atoms with Gasteiger partial charge in [0.15, 0.2) is 5.69 Å². The van der Waals surface area contributed by atoms with Crippen molar-refractivity contribution in [2.75, 3.05) is 31.1 Å². The monoisotopic (exact) mass is 348 g/mol. The second kappa shape index (κ2) is 6.95. The maximum absolute atomic E-state index is 11.6. The number of likely N-dealkylation sites (tertiary alicyclic amines) is 1. The van der Waals surface area contributed by atoms with E-state index in [0.717, 1.165) is 45.4 Å². The van der Waals surface area contributed by atoms with Crippen LogP contribution in [0.25, 0.3) is 0 Å². The predicted octanol–water partition coefficient (Wildman–Crippen LogP) is 1.33. The Morgan fingerprint density at radius 2 is 2.00 bits per heavy atom. The molecule has 0 amide bonds. The van der Waals surface area contributed by atoms with Gasteiger partial charge in [0, 0.05) is 19.6 Å². The van der Waals surface area contributed by atoms with E-state index < -0.39 is 11.9 Å². The SMILES string of the molecule is CCCN1CC2(CCN(c3cncc(C(=O)O)n3)CC2)CC1C(=O)O. The highest BCUT2D eigenvalue weighted by molar-refractivity contribution is 5.85. The third-order valence-corrected chi connectivity index (χ3v) is 5.39. The molecular weight excluding hydrogens is 324 g/mol. The van der Waals surface area contributed by atoms with E-state index in [9.17, 15) is 14.7 Å². The van der Waals surface area contributed by atoms with Crippen LogP contribution in [0.4, 0.5) is 5.82 Å². The van der Waals surface area contributed by atoms with E-state index in [0.29, 0.717) is 12.2 Å². The smallest absolute Gasteiger partial charge is 0.356 e. The number of aliphatic carboxylic acids is 1. The first-order valence-electron chi connectivity index (χ1n) is 8.71. The van der Waals surface area contributed by atoms with E-state index in [1.165, 1.54) is 6.20 Å². The van der Waals surface area contributed by atoms with Crippen LogP contribution in [-0.4, -0.2) is 69.2 Å². The van der Waals surface area contributed by atoms with Crippen LogP contribution in [0.1, 0.15) is 43.1 Å². The molecular formula is C17H24N4O4. The van der Waals surface area contributed by atoms with Crippen LogP contribution in [0, 0.1) is 5.41 Å². The summed E-state index contributed by atoms with van der Waals surface area (Å²) in [6.45, 7) is 5.19. The average Bonchev–Trinajstić information content (AvgIpc) is 2.94. The fourth-order valence-electron chi connectivity index (χ4n) is 4.09. The summed E-state index contributed by atoms with van der Waals surface area (Å²) in [4.78, 5) is 34.9. The first kappa shape index (κ1) is 17.6. The van der Waals surface area contributed by atoms with Gasteiger partial charge in [-0.25, -0.2) is 9.78 Å². The highest BCUT2D eigenvalue weighted by atomic mass is 16.4. The van der Waals surface area contributed by atoms with Gasteiger partial charge < -0.3 is 15.1 Å². The molecule has 3 heterocycles. The molecule has 2 aliphatic rings. The van der Waals surface area contributed by atoms with Gasteiger partial charge in [0.1, 0.15) is 11.9 Å². The van der Waals surface area contributed by atoms with Crippen molar-refractivity contribution < 1.29 is 19.8 Å². The summed E-state index contributed by atoms with van der Waals surface area (Å²) >= 11 is 0.